The van der Waals surface area contributed by atoms with Gasteiger partial charge in [0, 0.05) is 13.3 Å². The van der Waals surface area contributed by atoms with E-state index in [9.17, 15) is 5.11 Å². The predicted octanol–water partition coefficient (Wildman–Crippen LogP) is 0.369. The van der Waals surface area contributed by atoms with Crippen LogP contribution in [0.3, 0.4) is 0 Å². The highest BCUT2D eigenvalue weighted by molar-refractivity contribution is 7.11. The number of nitrogens with zero attached hydrogens (tertiary/aromatic N) is 1. The Morgan fingerprint density at radius 1 is 1.82 bits per heavy atom. The van der Waals surface area contributed by atoms with Crippen molar-refractivity contribution >= 4 is 19.2 Å². The summed E-state index contributed by atoms with van der Waals surface area (Å²) in [6.07, 6.45) is 1.50. The number of thiazole rings is 1. The largest absolute Gasteiger partial charge is 0.370 e. The average molecular weight is 169 g/mol. The zero-order valence-corrected chi connectivity index (χ0v) is 7.18. The molecule has 0 aliphatic heterocycles. The molecule has 58 valence electrons. The zero-order chi connectivity index (χ0) is 8.48. The lowest BCUT2D eigenvalue weighted by molar-refractivity contribution is -0.119. The van der Waals surface area contributed by atoms with Crippen molar-refractivity contribution in [1.29, 1.82) is 0 Å². The second-order valence-electron chi connectivity index (χ2n) is 2.14. The van der Waals surface area contributed by atoms with Crippen LogP contribution in [-0.4, -0.2) is 25.0 Å². The molecule has 1 atom stereocenters. The Bertz CT molecular complexity index is 248. The van der Waals surface area contributed by atoms with Gasteiger partial charge in [-0.3, -0.25) is 0 Å². The van der Waals surface area contributed by atoms with Crippen molar-refractivity contribution in [2.45, 2.75) is 12.6 Å². The Balaban J connectivity index is 2.92. The minimum absolute atomic E-state index is 0.512. The Labute approximate surface area is 70.4 Å². The lowest BCUT2D eigenvalue weighted by Crippen LogP contribution is -2.26. The lowest BCUT2D eigenvalue weighted by Gasteiger charge is -2.19. The molecule has 0 bridgehead atoms. The van der Waals surface area contributed by atoms with Crippen molar-refractivity contribution in [3.05, 3.63) is 16.1 Å². The maximum Gasteiger partial charge on any atom is 0.162 e. The van der Waals surface area contributed by atoms with Crippen molar-refractivity contribution in [3.63, 3.8) is 0 Å². The van der Waals surface area contributed by atoms with Crippen molar-refractivity contribution < 1.29 is 9.84 Å². The molecule has 1 rings (SSSR count). The van der Waals surface area contributed by atoms with E-state index in [1.807, 2.05) is 6.92 Å². The summed E-state index contributed by atoms with van der Waals surface area (Å²) in [5.74, 6) is 0. The molecule has 1 N–H and O–H groups in total. The minimum atomic E-state index is -1.69. The van der Waals surface area contributed by atoms with Gasteiger partial charge in [0.05, 0.1) is 9.88 Å². The molecule has 0 aromatic carbocycles. The second kappa shape index (κ2) is 2.93. The molecule has 0 fully saturated rings. The Morgan fingerprint density at radius 3 is 2.82 bits per heavy atom. The van der Waals surface area contributed by atoms with Crippen LogP contribution in [0.15, 0.2) is 6.20 Å². The molecule has 0 spiro atoms. The van der Waals surface area contributed by atoms with Crippen molar-refractivity contribution in [1.82, 2.24) is 4.98 Å². The van der Waals surface area contributed by atoms with E-state index in [4.69, 9.17) is 7.85 Å². The van der Waals surface area contributed by atoms with Crippen molar-refractivity contribution in [2.24, 2.45) is 0 Å². The van der Waals surface area contributed by atoms with Crippen LogP contribution < -0.4 is 0 Å². The Morgan fingerprint density at radius 2 is 2.45 bits per heavy atom. The molecule has 1 heterocycles. The van der Waals surface area contributed by atoms with Gasteiger partial charge >= 0.3 is 0 Å². The number of hydrogen-bond donors (Lipinski definition) is 1. The molecular weight excluding hydrogens is 161 g/mol. The Kier molecular flexibility index (Phi) is 2.32. The van der Waals surface area contributed by atoms with E-state index in [-0.39, 0.29) is 0 Å². The third-order valence-electron chi connectivity index (χ3n) is 1.29. The molecule has 3 nitrogen and oxygen atoms in total. The monoisotopic (exact) mass is 169 g/mol. The van der Waals surface area contributed by atoms with Crippen LogP contribution in [0.25, 0.3) is 0 Å². The van der Waals surface area contributed by atoms with Crippen molar-refractivity contribution in [3.8, 4) is 0 Å². The van der Waals surface area contributed by atoms with Gasteiger partial charge in [-0.2, -0.15) is 0 Å². The molecule has 0 saturated carbocycles. The van der Waals surface area contributed by atoms with Gasteiger partial charge in [0.15, 0.2) is 13.5 Å². The minimum Gasteiger partial charge on any atom is -0.370 e. The van der Waals surface area contributed by atoms with E-state index in [2.05, 4.69) is 9.72 Å². The number of ether oxygens (including phenoxy) is 1. The molecule has 1 aromatic heterocycles. The van der Waals surface area contributed by atoms with Gasteiger partial charge < -0.3 is 9.84 Å². The van der Waals surface area contributed by atoms with Gasteiger partial charge in [0.2, 0.25) is 0 Å². The van der Waals surface area contributed by atoms with E-state index in [1.54, 1.807) is 0 Å². The third-order valence-corrected chi connectivity index (χ3v) is 2.30. The smallest absolute Gasteiger partial charge is 0.162 e. The molecular formula is C6H8BNO2S. The van der Waals surface area contributed by atoms with Gasteiger partial charge in [0.25, 0.3) is 0 Å². The fraction of sp³-hybridized carbons (Fsp3) is 0.500. The molecule has 0 amide bonds. The highest BCUT2D eigenvalue weighted by Gasteiger charge is 2.23. The summed E-state index contributed by atoms with van der Waals surface area (Å²) >= 11 is 1.31. The topological polar surface area (TPSA) is 42.4 Å². The number of aliphatic hydroxyl groups is 1. The fourth-order valence-corrected chi connectivity index (χ4v) is 1.39. The van der Waals surface area contributed by atoms with E-state index >= 15 is 0 Å². The number of aromatic nitrogens is 1. The molecule has 5 heteroatoms. The summed E-state index contributed by atoms with van der Waals surface area (Å²) in [6, 6.07) is 0. The van der Waals surface area contributed by atoms with Crippen molar-refractivity contribution in [2.75, 3.05) is 7.11 Å². The van der Waals surface area contributed by atoms with Crippen LogP contribution in [0.5, 0.6) is 0 Å². The van der Waals surface area contributed by atoms with Gasteiger partial charge in [-0.1, -0.05) is 0 Å². The first-order valence-corrected chi connectivity index (χ1v) is 3.87. The third kappa shape index (κ3) is 1.80. The number of hydrogen-bond acceptors (Lipinski definition) is 4. The fourth-order valence-electron chi connectivity index (χ4n) is 0.628. The summed E-state index contributed by atoms with van der Waals surface area (Å²) in [7, 11) is 6.70. The quantitative estimate of drug-likeness (QED) is 0.513. The predicted molar refractivity (Wildman–Crippen MR) is 43.5 cm³/mol. The van der Waals surface area contributed by atoms with Gasteiger partial charge in [0.1, 0.15) is 0 Å². The molecule has 1 unspecified atom stereocenters. The highest BCUT2D eigenvalue weighted by Crippen LogP contribution is 2.23. The first kappa shape index (κ1) is 8.71. The lowest BCUT2D eigenvalue weighted by atomic mass is 9.94. The van der Waals surface area contributed by atoms with Gasteiger partial charge in [-0.15, -0.1) is 11.3 Å². The number of aryl methyl sites for hydroxylation is 1. The van der Waals surface area contributed by atoms with Crippen LogP contribution in [0.1, 0.15) is 9.88 Å². The maximum atomic E-state index is 9.33. The van der Waals surface area contributed by atoms with E-state index in [0.717, 1.165) is 5.01 Å². The number of methoxy groups -OCH3 is 1. The first-order chi connectivity index (χ1) is 5.06. The highest BCUT2D eigenvalue weighted by atomic mass is 32.1. The van der Waals surface area contributed by atoms with Crippen LogP contribution in [-0.2, 0) is 10.4 Å². The normalized spacial score (nSPS) is 16.3. The first-order valence-electron chi connectivity index (χ1n) is 3.05. The van der Waals surface area contributed by atoms with Crippen LogP contribution in [0, 0.1) is 6.92 Å². The standard InChI is InChI=1S/C6H8BNO2S/c1-4-8-3-5(11-4)6(7,9)10-2/h3,9H,1-2H3. The van der Waals surface area contributed by atoms with Crippen LogP contribution >= 0.6 is 11.3 Å². The van der Waals surface area contributed by atoms with Gasteiger partial charge in [-0.25, -0.2) is 4.98 Å². The summed E-state index contributed by atoms with van der Waals surface area (Å²) in [5, 5.41) is 10.2. The summed E-state index contributed by atoms with van der Waals surface area (Å²) in [5.41, 5.74) is -1.69. The summed E-state index contributed by atoms with van der Waals surface area (Å²) in [6.45, 7) is 1.83. The molecule has 0 aliphatic carbocycles. The molecule has 0 saturated heterocycles. The number of rotatable bonds is 2. The maximum absolute atomic E-state index is 9.33. The average Bonchev–Trinajstić information content (AvgIpc) is 2.36. The molecule has 0 aliphatic rings. The summed E-state index contributed by atoms with van der Waals surface area (Å²) in [4.78, 5) is 4.44. The second-order valence-corrected chi connectivity index (χ2v) is 3.38. The van der Waals surface area contributed by atoms with Crippen LogP contribution in [0.2, 0.25) is 0 Å². The zero-order valence-electron chi connectivity index (χ0n) is 6.37. The molecule has 11 heavy (non-hydrogen) atoms. The van der Waals surface area contributed by atoms with Crippen LogP contribution in [0.4, 0.5) is 0 Å². The summed E-state index contributed by atoms with van der Waals surface area (Å²) < 4.78 is 4.64. The molecule has 2 radical (unpaired) electrons. The van der Waals surface area contributed by atoms with E-state index < -0.39 is 5.69 Å². The Hall–Kier alpha value is -0.385. The van der Waals surface area contributed by atoms with Gasteiger partial charge in [-0.05, 0) is 6.92 Å². The SMILES string of the molecule is [B]C(O)(OC)c1cnc(C)s1. The van der Waals surface area contributed by atoms with E-state index in [0.29, 0.717) is 4.88 Å². The van der Waals surface area contributed by atoms with E-state index in [1.165, 1.54) is 24.6 Å². The molecule has 1 aromatic rings.